The number of hydrogen-bond acceptors (Lipinski definition) is 12. The normalized spacial score (nSPS) is 11.1. The van der Waals surface area contributed by atoms with Crippen LogP contribution < -0.4 is 16.4 Å². The molecule has 45 heavy (non-hydrogen) atoms. The molecule has 1 atom stereocenters. The molecule has 264 valence electrons. The lowest BCUT2D eigenvalue weighted by Gasteiger charge is -2.15. The summed E-state index contributed by atoms with van der Waals surface area (Å²) in [5.41, 5.74) is 5.39. The molecule has 15 nitrogen and oxygen atoms in total. The van der Waals surface area contributed by atoms with Crippen LogP contribution in [0.15, 0.2) is 0 Å². The van der Waals surface area contributed by atoms with Crippen molar-refractivity contribution in [3.8, 4) is 0 Å². The van der Waals surface area contributed by atoms with Crippen molar-refractivity contribution in [2.75, 3.05) is 51.6 Å². The molecule has 0 saturated heterocycles. The Morgan fingerprint density at radius 1 is 0.667 bits per heavy atom. The summed E-state index contributed by atoms with van der Waals surface area (Å²) in [5.74, 6) is -1.41. The summed E-state index contributed by atoms with van der Waals surface area (Å²) < 4.78 is 0. The lowest BCUT2D eigenvalue weighted by molar-refractivity contribution is -0.166. The van der Waals surface area contributed by atoms with E-state index in [0.29, 0.717) is 79.1 Å². The van der Waals surface area contributed by atoms with Crippen LogP contribution in [0, 0.1) is 0 Å². The van der Waals surface area contributed by atoms with Crippen molar-refractivity contribution in [3.63, 3.8) is 0 Å². The summed E-state index contributed by atoms with van der Waals surface area (Å²) >= 11 is 7.76. The van der Waals surface area contributed by atoms with E-state index in [4.69, 9.17) is 10.8 Å². The van der Waals surface area contributed by atoms with Crippen molar-refractivity contribution in [3.05, 3.63) is 0 Å². The van der Waals surface area contributed by atoms with Gasteiger partial charge in [-0.05, 0) is 57.9 Å². The molecule has 0 aromatic heterocycles. The van der Waals surface area contributed by atoms with Gasteiger partial charge < -0.3 is 21.5 Å². The zero-order chi connectivity index (χ0) is 34.5. The van der Waals surface area contributed by atoms with Gasteiger partial charge >= 0.3 is 0 Å². The second-order valence-electron chi connectivity index (χ2n) is 10.4. The number of rotatable bonds is 25. The van der Waals surface area contributed by atoms with Gasteiger partial charge in [0.15, 0.2) is 0 Å². The highest BCUT2D eigenvalue weighted by Crippen LogP contribution is 2.03. The quantitative estimate of drug-likeness (QED) is 0.0288. The fraction of sp³-hybridized carbons (Fsp3) is 0.821. The van der Waals surface area contributed by atoms with E-state index in [2.05, 4.69) is 35.9 Å². The average Bonchev–Trinajstić information content (AvgIpc) is 3.03. The number of nitrogens with zero attached hydrogens (tertiary/aromatic N) is 3. The molecule has 17 heteroatoms. The van der Waals surface area contributed by atoms with E-state index in [1.54, 1.807) is 0 Å². The molecule has 0 bridgehead atoms. The molecule has 1 unspecified atom stereocenters. The smallest absolute Gasteiger partial charge is 0.246 e. The third-order valence-electron chi connectivity index (χ3n) is 6.30. The van der Waals surface area contributed by atoms with Gasteiger partial charge in [0.25, 0.3) is 0 Å². The predicted octanol–water partition coefficient (Wildman–Crippen LogP) is 1.13. The Labute approximate surface area is 277 Å². The van der Waals surface area contributed by atoms with Crippen LogP contribution in [0.1, 0.15) is 90.4 Å². The average molecular weight is 685 g/mol. The van der Waals surface area contributed by atoms with Gasteiger partial charge in [-0.25, -0.2) is 15.2 Å². The fourth-order valence-corrected chi connectivity index (χ4v) is 3.62. The van der Waals surface area contributed by atoms with Crippen LogP contribution in [0.25, 0.3) is 0 Å². The van der Waals surface area contributed by atoms with Crippen molar-refractivity contribution < 1.29 is 44.7 Å². The molecule has 0 aliphatic carbocycles. The summed E-state index contributed by atoms with van der Waals surface area (Å²) in [4.78, 5) is 58.4. The van der Waals surface area contributed by atoms with E-state index in [1.807, 2.05) is 0 Å². The molecular formula is C28H56N6O9S2. The Morgan fingerprint density at radius 2 is 1.07 bits per heavy atom. The Balaban J connectivity index is 0. The first-order chi connectivity index (χ1) is 21.4. The minimum atomic E-state index is -0.548. The van der Waals surface area contributed by atoms with Gasteiger partial charge in [0.05, 0.1) is 6.61 Å². The minimum absolute atomic E-state index is 0.0191. The lowest BCUT2D eigenvalue weighted by atomic mass is 10.2. The number of hydroxylamine groups is 6. The summed E-state index contributed by atoms with van der Waals surface area (Å²) in [6.07, 6.45) is 5.84. The molecule has 0 fully saturated rings. The molecule has 0 saturated carbocycles. The van der Waals surface area contributed by atoms with Crippen molar-refractivity contribution in [2.45, 2.75) is 95.6 Å². The maximum Gasteiger partial charge on any atom is 0.246 e. The van der Waals surface area contributed by atoms with Gasteiger partial charge in [0, 0.05) is 76.3 Å². The van der Waals surface area contributed by atoms with Crippen LogP contribution in [0.2, 0.25) is 0 Å². The van der Waals surface area contributed by atoms with Crippen molar-refractivity contribution >= 4 is 54.8 Å². The third-order valence-corrected chi connectivity index (χ3v) is 7.38. The zero-order valence-electron chi connectivity index (χ0n) is 26.6. The standard InChI is InChI=1S/C25H48N6O8.C3H8OS2/c1-21(32)29(37)18-9-3-6-16-27-22(33)12-14-25(36)31(39)20-10-4-7-17-28-23(34)11-13-24(35)30(38)19-8-2-5-15-26;4-1-3(6)2-5/h37-39H,2-20,26H2,1H3,(H,27,33)(H,28,34);3-6H,1-2H2. The maximum absolute atomic E-state index is 12.0. The highest BCUT2D eigenvalue weighted by atomic mass is 32.1. The van der Waals surface area contributed by atoms with Crippen molar-refractivity contribution in [2.24, 2.45) is 5.73 Å². The van der Waals surface area contributed by atoms with Crippen molar-refractivity contribution in [1.29, 1.82) is 0 Å². The second kappa shape index (κ2) is 30.5. The lowest BCUT2D eigenvalue weighted by Crippen LogP contribution is -2.31. The van der Waals surface area contributed by atoms with Crippen LogP contribution in [0.3, 0.4) is 0 Å². The van der Waals surface area contributed by atoms with Gasteiger partial charge in [-0.2, -0.15) is 25.3 Å². The SMILES string of the molecule is CC(=O)N(O)CCCCCNC(=O)CCC(=O)N(O)CCCCCNC(=O)CCC(=O)N(O)CCCCCN.OCC(S)CS. The topological polar surface area (TPSA) is 226 Å². The first kappa shape index (κ1) is 45.0. The minimum Gasteiger partial charge on any atom is -0.395 e. The van der Waals surface area contributed by atoms with Crippen LogP contribution in [-0.4, -0.2) is 122 Å². The third kappa shape index (κ3) is 29.0. The Morgan fingerprint density at radius 3 is 1.40 bits per heavy atom. The van der Waals surface area contributed by atoms with E-state index < -0.39 is 17.7 Å². The van der Waals surface area contributed by atoms with Crippen LogP contribution in [0.5, 0.6) is 0 Å². The molecule has 5 amide bonds. The summed E-state index contributed by atoms with van der Waals surface area (Å²) in [6, 6.07) is 0. The van der Waals surface area contributed by atoms with E-state index in [0.717, 1.165) is 19.3 Å². The van der Waals surface area contributed by atoms with E-state index in [-0.39, 0.29) is 69.0 Å². The maximum atomic E-state index is 12.0. The number of carbonyl (C=O) groups is 5. The monoisotopic (exact) mass is 684 g/mol. The number of carbonyl (C=O) groups excluding carboxylic acids is 5. The first-order valence-corrected chi connectivity index (χ1v) is 16.6. The number of aliphatic hydroxyl groups is 1. The summed E-state index contributed by atoms with van der Waals surface area (Å²) in [5, 5.41) is 44.3. The van der Waals surface area contributed by atoms with Gasteiger partial charge in [-0.3, -0.25) is 39.6 Å². The van der Waals surface area contributed by atoms with Gasteiger partial charge in [-0.1, -0.05) is 6.42 Å². The fourth-order valence-electron chi connectivity index (χ4n) is 3.51. The molecular weight excluding hydrogens is 628 g/mol. The summed E-state index contributed by atoms with van der Waals surface area (Å²) in [7, 11) is 0. The van der Waals surface area contributed by atoms with Gasteiger partial charge in [-0.15, -0.1) is 0 Å². The number of aliphatic hydroxyl groups excluding tert-OH is 1. The molecule has 0 aliphatic rings. The number of hydrogen-bond donors (Lipinski definition) is 9. The number of nitrogens with two attached hydrogens (primary N) is 1. The van der Waals surface area contributed by atoms with E-state index in [9.17, 15) is 39.6 Å². The predicted molar refractivity (Wildman–Crippen MR) is 175 cm³/mol. The van der Waals surface area contributed by atoms with E-state index in [1.165, 1.54) is 6.92 Å². The number of amides is 5. The second-order valence-corrected chi connectivity index (χ2v) is 11.5. The molecule has 0 aromatic rings. The molecule has 0 rings (SSSR count). The number of unbranched alkanes of at least 4 members (excludes halogenated alkanes) is 6. The molecule has 0 aliphatic heterocycles. The number of nitrogens with one attached hydrogen (secondary N) is 2. The van der Waals surface area contributed by atoms with Crippen LogP contribution in [-0.2, 0) is 24.0 Å². The van der Waals surface area contributed by atoms with E-state index >= 15 is 0 Å². The van der Waals surface area contributed by atoms with Crippen LogP contribution >= 0.6 is 25.3 Å². The highest BCUT2D eigenvalue weighted by Gasteiger charge is 2.14. The molecule has 0 aromatic carbocycles. The van der Waals surface area contributed by atoms with Crippen LogP contribution in [0.4, 0.5) is 0 Å². The zero-order valence-corrected chi connectivity index (χ0v) is 28.4. The number of thiol groups is 2. The van der Waals surface area contributed by atoms with Gasteiger partial charge in [0.2, 0.25) is 29.5 Å². The first-order valence-electron chi connectivity index (χ1n) is 15.5. The molecule has 0 radical (unpaired) electrons. The Bertz CT molecular complexity index is 825. The molecule has 8 N–H and O–H groups in total. The van der Waals surface area contributed by atoms with Gasteiger partial charge in [0.1, 0.15) is 0 Å². The Kier molecular flexibility index (Phi) is 30.5. The molecule has 0 spiro atoms. The largest absolute Gasteiger partial charge is 0.395 e. The summed E-state index contributed by atoms with van der Waals surface area (Å²) in [6.45, 7) is 3.34. The highest BCUT2D eigenvalue weighted by molar-refractivity contribution is 7.84. The molecule has 0 heterocycles. The van der Waals surface area contributed by atoms with Crippen molar-refractivity contribution in [1.82, 2.24) is 25.8 Å². The Hall–Kier alpha value is -2.15.